The van der Waals surface area contributed by atoms with Gasteiger partial charge in [-0.25, -0.2) is 0 Å². The average Bonchev–Trinajstić information content (AvgIpc) is 2.83. The molecule has 0 radical (unpaired) electrons. The summed E-state index contributed by atoms with van der Waals surface area (Å²) >= 11 is 6.14. The molecule has 2 amide bonds. The zero-order chi connectivity index (χ0) is 16.5. The smallest absolute Gasteiger partial charge is 0.255 e. The average molecular weight is 325 g/mol. The minimum Gasteiger partial charge on any atom is -0.389 e. The van der Waals surface area contributed by atoms with Gasteiger partial charge in [0.25, 0.3) is 5.91 Å². The number of hydrogen-bond donors (Lipinski definition) is 1. The molecule has 1 fully saturated rings. The maximum Gasteiger partial charge on any atom is 0.255 e. The number of rotatable bonds is 4. The number of halogens is 1. The van der Waals surface area contributed by atoms with Crippen LogP contribution >= 0.6 is 11.6 Å². The summed E-state index contributed by atoms with van der Waals surface area (Å²) in [6, 6.07) is 5.03. The predicted molar refractivity (Wildman–Crippen MR) is 86.3 cm³/mol. The number of benzene rings is 1. The van der Waals surface area contributed by atoms with Crippen molar-refractivity contribution >= 4 is 29.1 Å². The van der Waals surface area contributed by atoms with Crippen LogP contribution in [-0.2, 0) is 4.79 Å². The molecule has 2 rings (SSSR count). The van der Waals surface area contributed by atoms with Gasteiger partial charge in [-0.05, 0) is 38.5 Å². The third kappa shape index (κ3) is 3.78. The van der Waals surface area contributed by atoms with Gasteiger partial charge in [-0.15, -0.1) is 0 Å². The molecule has 6 heteroatoms. The van der Waals surface area contributed by atoms with Crippen molar-refractivity contribution in [2.24, 2.45) is 0 Å². The van der Waals surface area contributed by atoms with E-state index < -0.39 is 5.60 Å². The first-order valence-electron chi connectivity index (χ1n) is 7.27. The molecule has 1 N–H and O–H groups in total. The quantitative estimate of drug-likeness (QED) is 0.924. The normalized spacial score (nSPS) is 15.3. The lowest BCUT2D eigenvalue weighted by atomic mass is 10.1. The Morgan fingerprint density at radius 2 is 2.14 bits per heavy atom. The van der Waals surface area contributed by atoms with Crippen LogP contribution in [0.15, 0.2) is 18.2 Å². The first-order chi connectivity index (χ1) is 10.2. The topological polar surface area (TPSA) is 60.9 Å². The van der Waals surface area contributed by atoms with Crippen LogP contribution < -0.4 is 4.90 Å². The second-order valence-electron chi connectivity index (χ2n) is 6.29. The van der Waals surface area contributed by atoms with Crippen LogP contribution in [0, 0.1) is 0 Å². The Hall–Kier alpha value is -1.59. The van der Waals surface area contributed by atoms with E-state index in [0.29, 0.717) is 29.2 Å². The van der Waals surface area contributed by atoms with Crippen molar-refractivity contribution in [3.05, 3.63) is 28.8 Å². The summed E-state index contributed by atoms with van der Waals surface area (Å²) in [6.07, 6.45) is 1.36. The van der Waals surface area contributed by atoms with Crippen molar-refractivity contribution in [3.63, 3.8) is 0 Å². The summed E-state index contributed by atoms with van der Waals surface area (Å²) in [4.78, 5) is 27.4. The molecule has 0 atom stereocenters. The molecule has 1 aromatic rings. The van der Waals surface area contributed by atoms with Crippen LogP contribution in [0.4, 0.5) is 5.69 Å². The van der Waals surface area contributed by atoms with Crippen LogP contribution in [-0.4, -0.2) is 47.6 Å². The number of likely N-dealkylation sites (N-methyl/N-ethyl adjacent to an activating group) is 1. The number of carbonyl (C=O) groups is 2. The van der Waals surface area contributed by atoms with Crippen molar-refractivity contribution in [3.8, 4) is 0 Å². The fourth-order valence-corrected chi connectivity index (χ4v) is 2.82. The minimum atomic E-state index is -0.987. The molecular formula is C16H21ClN2O3. The standard InChI is InChI=1S/C16H21ClN2O3/c1-16(2,22)10-18(3)15(21)12-9-11(6-7-13(12)17)19-8-4-5-14(19)20/h6-7,9,22H,4-5,8,10H2,1-3H3. The molecule has 0 unspecified atom stereocenters. The van der Waals surface area contributed by atoms with E-state index in [1.807, 2.05) is 0 Å². The highest BCUT2D eigenvalue weighted by molar-refractivity contribution is 6.34. The molecule has 120 valence electrons. The Bertz CT molecular complexity index is 596. The molecule has 0 spiro atoms. The highest BCUT2D eigenvalue weighted by atomic mass is 35.5. The van der Waals surface area contributed by atoms with E-state index in [-0.39, 0.29) is 18.4 Å². The van der Waals surface area contributed by atoms with Gasteiger partial charge in [-0.2, -0.15) is 0 Å². The number of aliphatic hydroxyl groups is 1. The van der Waals surface area contributed by atoms with Crippen molar-refractivity contribution in [1.29, 1.82) is 0 Å². The van der Waals surface area contributed by atoms with Gasteiger partial charge in [0.1, 0.15) is 0 Å². The van der Waals surface area contributed by atoms with Crippen LogP contribution in [0.5, 0.6) is 0 Å². The summed E-state index contributed by atoms with van der Waals surface area (Å²) in [7, 11) is 1.62. The molecule has 1 saturated heterocycles. The van der Waals surface area contributed by atoms with Crippen molar-refractivity contribution < 1.29 is 14.7 Å². The van der Waals surface area contributed by atoms with E-state index in [1.54, 1.807) is 44.0 Å². The molecule has 0 aliphatic carbocycles. The van der Waals surface area contributed by atoms with Gasteiger partial charge in [0.2, 0.25) is 5.91 Å². The maximum absolute atomic E-state index is 12.5. The monoisotopic (exact) mass is 324 g/mol. The van der Waals surface area contributed by atoms with Gasteiger partial charge in [-0.1, -0.05) is 11.6 Å². The highest BCUT2D eigenvalue weighted by Crippen LogP contribution is 2.27. The SMILES string of the molecule is CN(CC(C)(C)O)C(=O)c1cc(N2CCCC2=O)ccc1Cl. The van der Waals surface area contributed by atoms with Gasteiger partial charge in [0, 0.05) is 32.2 Å². The Balaban J connectivity index is 2.26. The fraction of sp³-hybridized carbons (Fsp3) is 0.500. The third-order valence-corrected chi connectivity index (χ3v) is 3.87. The molecule has 1 aliphatic rings. The molecular weight excluding hydrogens is 304 g/mol. The number of anilines is 1. The van der Waals surface area contributed by atoms with E-state index in [0.717, 1.165) is 6.42 Å². The largest absolute Gasteiger partial charge is 0.389 e. The number of nitrogens with zero attached hydrogens (tertiary/aromatic N) is 2. The molecule has 5 nitrogen and oxygen atoms in total. The first kappa shape index (κ1) is 16.8. The van der Waals surface area contributed by atoms with Gasteiger partial charge >= 0.3 is 0 Å². The van der Waals surface area contributed by atoms with E-state index >= 15 is 0 Å². The zero-order valence-corrected chi connectivity index (χ0v) is 13.9. The van der Waals surface area contributed by atoms with E-state index in [1.165, 1.54) is 4.90 Å². The second kappa shape index (κ2) is 6.26. The van der Waals surface area contributed by atoms with Crippen LogP contribution in [0.1, 0.15) is 37.0 Å². The number of hydrogen-bond acceptors (Lipinski definition) is 3. The molecule has 1 aromatic carbocycles. The Morgan fingerprint density at radius 3 is 2.68 bits per heavy atom. The Labute approximate surface area is 135 Å². The lowest BCUT2D eigenvalue weighted by Gasteiger charge is -2.26. The minimum absolute atomic E-state index is 0.0607. The molecule has 0 saturated carbocycles. The Morgan fingerprint density at radius 1 is 1.45 bits per heavy atom. The van der Waals surface area contributed by atoms with Gasteiger partial charge in [0.05, 0.1) is 16.2 Å². The number of amides is 2. The lowest BCUT2D eigenvalue weighted by molar-refractivity contribution is -0.117. The number of carbonyl (C=O) groups excluding carboxylic acids is 2. The highest BCUT2D eigenvalue weighted by Gasteiger charge is 2.25. The molecule has 0 aromatic heterocycles. The lowest BCUT2D eigenvalue weighted by Crippen LogP contribution is -2.39. The van der Waals surface area contributed by atoms with E-state index in [4.69, 9.17) is 11.6 Å². The van der Waals surface area contributed by atoms with Gasteiger partial charge in [0.15, 0.2) is 0 Å². The second-order valence-corrected chi connectivity index (χ2v) is 6.69. The fourth-order valence-electron chi connectivity index (χ4n) is 2.62. The summed E-state index contributed by atoms with van der Waals surface area (Å²) in [5.74, 6) is -0.216. The van der Waals surface area contributed by atoms with Crippen molar-refractivity contribution in [2.45, 2.75) is 32.3 Å². The molecule has 1 heterocycles. The van der Waals surface area contributed by atoms with Crippen molar-refractivity contribution in [1.82, 2.24) is 4.90 Å². The summed E-state index contributed by atoms with van der Waals surface area (Å²) in [6.45, 7) is 4.12. The van der Waals surface area contributed by atoms with E-state index in [2.05, 4.69) is 0 Å². The first-order valence-corrected chi connectivity index (χ1v) is 7.64. The Kier molecular flexibility index (Phi) is 4.78. The van der Waals surface area contributed by atoms with Crippen LogP contribution in [0.25, 0.3) is 0 Å². The molecule has 0 bridgehead atoms. The van der Waals surface area contributed by atoms with Gasteiger partial charge < -0.3 is 14.9 Å². The summed E-state index contributed by atoms with van der Waals surface area (Å²) in [5.41, 5.74) is 0.0388. The molecule has 1 aliphatic heterocycles. The van der Waals surface area contributed by atoms with Crippen LogP contribution in [0.3, 0.4) is 0 Å². The van der Waals surface area contributed by atoms with E-state index in [9.17, 15) is 14.7 Å². The molecule has 22 heavy (non-hydrogen) atoms. The zero-order valence-electron chi connectivity index (χ0n) is 13.1. The van der Waals surface area contributed by atoms with Crippen LogP contribution in [0.2, 0.25) is 5.02 Å². The summed E-state index contributed by atoms with van der Waals surface area (Å²) in [5, 5.41) is 10.2. The van der Waals surface area contributed by atoms with Gasteiger partial charge in [-0.3, -0.25) is 9.59 Å². The predicted octanol–water partition coefficient (Wildman–Crippen LogP) is 2.31. The third-order valence-electron chi connectivity index (χ3n) is 3.54. The van der Waals surface area contributed by atoms with Crippen molar-refractivity contribution in [2.75, 3.05) is 25.0 Å². The maximum atomic E-state index is 12.5. The summed E-state index contributed by atoms with van der Waals surface area (Å²) < 4.78 is 0.